The molecule has 0 aliphatic carbocycles. The minimum absolute atomic E-state index is 0.381. The van der Waals surface area contributed by atoms with Gasteiger partial charge in [0.15, 0.2) is 0 Å². The molecule has 0 spiro atoms. The summed E-state index contributed by atoms with van der Waals surface area (Å²) in [4.78, 5) is 2.23. The summed E-state index contributed by atoms with van der Waals surface area (Å²) in [6.45, 7) is 7.96. The first kappa shape index (κ1) is 11.3. The number of rotatable bonds is 3. The van der Waals surface area contributed by atoms with Crippen molar-refractivity contribution in [2.75, 3.05) is 26.4 Å². The van der Waals surface area contributed by atoms with Crippen LogP contribution in [0.15, 0.2) is 0 Å². The van der Waals surface area contributed by atoms with Gasteiger partial charge in [0.25, 0.3) is 0 Å². The molecule has 0 radical (unpaired) electrons. The van der Waals surface area contributed by atoms with Crippen LogP contribution in [0.1, 0.15) is 20.8 Å². The van der Waals surface area contributed by atoms with Crippen LogP contribution in [0.3, 0.4) is 0 Å². The van der Waals surface area contributed by atoms with E-state index in [4.69, 9.17) is 0 Å². The van der Waals surface area contributed by atoms with Crippen molar-refractivity contribution in [3.05, 3.63) is 0 Å². The maximum atomic E-state index is 4.36. The molecule has 2 heteroatoms. The van der Waals surface area contributed by atoms with E-state index in [1.54, 1.807) is 0 Å². The van der Waals surface area contributed by atoms with Gasteiger partial charge in [0.1, 0.15) is 0 Å². The first-order valence-corrected chi connectivity index (χ1v) is 4.76. The molecular formula is C9H21NS. The Morgan fingerprint density at radius 3 is 1.82 bits per heavy atom. The number of hydrogen-bond acceptors (Lipinski definition) is 2. The highest BCUT2D eigenvalue weighted by Crippen LogP contribution is 2.26. The highest BCUT2D eigenvalue weighted by Gasteiger charge is 2.23. The van der Waals surface area contributed by atoms with Crippen molar-refractivity contribution in [1.29, 1.82) is 0 Å². The van der Waals surface area contributed by atoms with Crippen LogP contribution in [0.2, 0.25) is 0 Å². The smallest absolute Gasteiger partial charge is 0.00164 e. The predicted octanol–water partition coefficient (Wildman–Crippen LogP) is 2.14. The van der Waals surface area contributed by atoms with Crippen LogP contribution in [0.5, 0.6) is 0 Å². The molecule has 0 saturated heterocycles. The third-order valence-electron chi connectivity index (χ3n) is 2.03. The topological polar surface area (TPSA) is 3.24 Å². The molecule has 0 aliphatic rings. The van der Waals surface area contributed by atoms with Gasteiger partial charge in [-0.2, -0.15) is 12.6 Å². The Labute approximate surface area is 76.6 Å². The van der Waals surface area contributed by atoms with Gasteiger partial charge in [0, 0.05) is 6.54 Å². The fourth-order valence-electron chi connectivity index (χ4n) is 1.05. The summed E-state index contributed by atoms with van der Waals surface area (Å²) in [5.74, 6) is 1.66. The van der Waals surface area contributed by atoms with E-state index in [1.807, 2.05) is 0 Å². The highest BCUT2D eigenvalue weighted by molar-refractivity contribution is 7.80. The summed E-state index contributed by atoms with van der Waals surface area (Å²) >= 11 is 4.36. The second kappa shape index (κ2) is 4.36. The van der Waals surface area contributed by atoms with Gasteiger partial charge < -0.3 is 4.90 Å². The summed E-state index contributed by atoms with van der Waals surface area (Å²) in [7, 11) is 4.23. The number of thiol groups is 1. The molecule has 0 amide bonds. The number of nitrogens with zero attached hydrogens (tertiary/aromatic N) is 1. The fourth-order valence-corrected chi connectivity index (χ4v) is 1.71. The van der Waals surface area contributed by atoms with Crippen LogP contribution in [0.25, 0.3) is 0 Å². The van der Waals surface area contributed by atoms with E-state index in [0.29, 0.717) is 11.3 Å². The Kier molecular flexibility index (Phi) is 4.49. The van der Waals surface area contributed by atoms with E-state index in [0.717, 1.165) is 12.3 Å². The fraction of sp³-hybridized carbons (Fsp3) is 1.00. The van der Waals surface area contributed by atoms with Crippen molar-refractivity contribution in [3.63, 3.8) is 0 Å². The van der Waals surface area contributed by atoms with Crippen molar-refractivity contribution in [3.8, 4) is 0 Å². The van der Waals surface area contributed by atoms with E-state index in [1.165, 1.54) is 0 Å². The zero-order valence-corrected chi connectivity index (χ0v) is 9.28. The van der Waals surface area contributed by atoms with Gasteiger partial charge in [-0.05, 0) is 31.2 Å². The molecule has 0 saturated carbocycles. The van der Waals surface area contributed by atoms with Gasteiger partial charge in [-0.3, -0.25) is 0 Å². The van der Waals surface area contributed by atoms with E-state index in [-0.39, 0.29) is 0 Å². The average molecular weight is 175 g/mol. The minimum Gasteiger partial charge on any atom is -0.309 e. The second-order valence-electron chi connectivity index (χ2n) is 4.51. The molecule has 0 aromatic heterocycles. The van der Waals surface area contributed by atoms with E-state index >= 15 is 0 Å². The van der Waals surface area contributed by atoms with Crippen molar-refractivity contribution >= 4 is 12.6 Å². The summed E-state index contributed by atoms with van der Waals surface area (Å²) in [5.41, 5.74) is 0.381. The SMILES string of the molecule is CN(C)CC(CS)C(C)(C)C. The van der Waals surface area contributed by atoms with Gasteiger partial charge in [0.05, 0.1) is 0 Å². The summed E-state index contributed by atoms with van der Waals surface area (Å²) in [6.07, 6.45) is 0. The Morgan fingerprint density at radius 1 is 1.27 bits per heavy atom. The highest BCUT2D eigenvalue weighted by atomic mass is 32.1. The Bertz CT molecular complexity index is 105. The van der Waals surface area contributed by atoms with E-state index in [9.17, 15) is 0 Å². The van der Waals surface area contributed by atoms with E-state index in [2.05, 4.69) is 52.4 Å². The van der Waals surface area contributed by atoms with Crippen molar-refractivity contribution in [2.24, 2.45) is 11.3 Å². The summed E-state index contributed by atoms with van der Waals surface area (Å²) in [6, 6.07) is 0. The molecule has 0 fully saturated rings. The molecule has 1 nitrogen and oxygen atoms in total. The van der Waals surface area contributed by atoms with Gasteiger partial charge in [-0.15, -0.1) is 0 Å². The maximum absolute atomic E-state index is 4.36. The van der Waals surface area contributed by atoms with Gasteiger partial charge in [0.2, 0.25) is 0 Å². The predicted molar refractivity (Wildman–Crippen MR) is 55.4 cm³/mol. The lowest BCUT2D eigenvalue weighted by molar-refractivity contribution is 0.206. The molecule has 11 heavy (non-hydrogen) atoms. The first-order chi connectivity index (χ1) is 4.88. The summed E-state index contributed by atoms with van der Waals surface area (Å²) in [5, 5.41) is 0. The zero-order valence-electron chi connectivity index (χ0n) is 8.39. The van der Waals surface area contributed by atoms with Crippen LogP contribution in [0.4, 0.5) is 0 Å². The molecular weight excluding hydrogens is 154 g/mol. The lowest BCUT2D eigenvalue weighted by atomic mass is 9.82. The normalized spacial score (nSPS) is 15.5. The molecule has 0 N–H and O–H groups in total. The van der Waals surface area contributed by atoms with Crippen LogP contribution in [0, 0.1) is 11.3 Å². The largest absolute Gasteiger partial charge is 0.309 e. The van der Waals surface area contributed by atoms with Gasteiger partial charge >= 0.3 is 0 Å². The molecule has 0 rings (SSSR count). The monoisotopic (exact) mass is 175 g/mol. The van der Waals surface area contributed by atoms with Gasteiger partial charge in [-0.25, -0.2) is 0 Å². The third kappa shape index (κ3) is 4.70. The van der Waals surface area contributed by atoms with Crippen molar-refractivity contribution in [1.82, 2.24) is 4.90 Å². The molecule has 0 heterocycles. The van der Waals surface area contributed by atoms with E-state index < -0.39 is 0 Å². The molecule has 68 valence electrons. The van der Waals surface area contributed by atoms with Gasteiger partial charge in [-0.1, -0.05) is 20.8 Å². The average Bonchev–Trinajstić information content (AvgIpc) is 1.79. The maximum Gasteiger partial charge on any atom is 0.00164 e. The van der Waals surface area contributed by atoms with Crippen LogP contribution < -0.4 is 0 Å². The van der Waals surface area contributed by atoms with Crippen LogP contribution >= 0.6 is 12.6 Å². The molecule has 0 bridgehead atoms. The Morgan fingerprint density at radius 2 is 1.73 bits per heavy atom. The molecule has 1 unspecified atom stereocenters. The standard InChI is InChI=1S/C9H21NS/c1-9(2,3)8(7-11)6-10(4)5/h8,11H,6-7H2,1-5H3. The van der Waals surface area contributed by atoms with Crippen LogP contribution in [-0.2, 0) is 0 Å². The Hall–Kier alpha value is 0.310. The quantitative estimate of drug-likeness (QED) is 0.643. The lowest BCUT2D eigenvalue weighted by Crippen LogP contribution is -2.32. The second-order valence-corrected chi connectivity index (χ2v) is 4.87. The lowest BCUT2D eigenvalue weighted by Gasteiger charge is -2.31. The first-order valence-electron chi connectivity index (χ1n) is 4.13. The molecule has 1 atom stereocenters. The third-order valence-corrected chi connectivity index (χ3v) is 2.47. The van der Waals surface area contributed by atoms with Crippen molar-refractivity contribution < 1.29 is 0 Å². The summed E-state index contributed by atoms with van der Waals surface area (Å²) < 4.78 is 0. The molecule has 0 aromatic rings. The minimum atomic E-state index is 0.381. The van der Waals surface area contributed by atoms with Crippen molar-refractivity contribution in [2.45, 2.75) is 20.8 Å². The molecule has 0 aromatic carbocycles. The molecule has 0 aliphatic heterocycles. The number of hydrogen-bond donors (Lipinski definition) is 1. The zero-order chi connectivity index (χ0) is 9.07. The Balaban J connectivity index is 3.96. The van der Waals surface area contributed by atoms with Crippen LogP contribution in [-0.4, -0.2) is 31.3 Å².